The second-order valence-corrected chi connectivity index (χ2v) is 6.40. The van der Waals surface area contributed by atoms with Crippen LogP contribution in [-0.4, -0.2) is 12.5 Å². The van der Waals surface area contributed by atoms with Gasteiger partial charge in [0.1, 0.15) is 5.82 Å². The van der Waals surface area contributed by atoms with Crippen molar-refractivity contribution >= 4 is 17.3 Å². The van der Waals surface area contributed by atoms with Gasteiger partial charge in [-0.3, -0.25) is 4.79 Å². The Labute approximate surface area is 159 Å². The van der Waals surface area contributed by atoms with Gasteiger partial charge in [0.05, 0.1) is 6.42 Å². The Morgan fingerprint density at radius 3 is 2.19 bits per heavy atom. The quantitative estimate of drug-likeness (QED) is 0.639. The molecule has 0 atom stereocenters. The summed E-state index contributed by atoms with van der Waals surface area (Å²) in [6.45, 7) is 3.86. The summed E-state index contributed by atoms with van der Waals surface area (Å²) in [4.78, 5) is 14.4. The van der Waals surface area contributed by atoms with Crippen molar-refractivity contribution in [2.24, 2.45) is 0 Å². The van der Waals surface area contributed by atoms with Crippen LogP contribution in [0.4, 0.5) is 15.8 Å². The van der Waals surface area contributed by atoms with Gasteiger partial charge in [0.25, 0.3) is 0 Å². The summed E-state index contributed by atoms with van der Waals surface area (Å²) in [5.74, 6) is -0.420. The van der Waals surface area contributed by atoms with Crippen LogP contribution < -0.4 is 10.2 Å². The summed E-state index contributed by atoms with van der Waals surface area (Å²) in [5.41, 5.74) is 3.90. The topological polar surface area (TPSA) is 32.3 Å². The maximum Gasteiger partial charge on any atom is 0.228 e. The highest BCUT2D eigenvalue weighted by Gasteiger charge is 2.07. The highest BCUT2D eigenvalue weighted by atomic mass is 19.1. The average Bonchev–Trinajstić information content (AvgIpc) is 2.69. The molecule has 0 aliphatic carbocycles. The van der Waals surface area contributed by atoms with Crippen molar-refractivity contribution in [3.8, 4) is 0 Å². The van der Waals surface area contributed by atoms with E-state index in [0.29, 0.717) is 0 Å². The molecule has 3 nitrogen and oxygen atoms in total. The zero-order chi connectivity index (χ0) is 19.1. The Morgan fingerprint density at radius 2 is 1.56 bits per heavy atom. The fraction of sp³-hybridized carbons (Fsp3) is 0.174. The first-order chi connectivity index (χ1) is 13.1. The van der Waals surface area contributed by atoms with Crippen molar-refractivity contribution < 1.29 is 9.18 Å². The normalized spacial score (nSPS) is 10.4. The molecule has 3 aromatic rings. The molecule has 4 heteroatoms. The summed E-state index contributed by atoms with van der Waals surface area (Å²) in [6.07, 6.45) is 0.219. The molecule has 0 spiro atoms. The van der Waals surface area contributed by atoms with Gasteiger partial charge in [-0.05, 0) is 54.4 Å². The molecule has 1 amide bonds. The van der Waals surface area contributed by atoms with Gasteiger partial charge in [0.15, 0.2) is 0 Å². The number of benzene rings is 3. The predicted octanol–water partition coefficient (Wildman–Crippen LogP) is 5.03. The van der Waals surface area contributed by atoms with E-state index >= 15 is 0 Å². The molecule has 0 aromatic heterocycles. The van der Waals surface area contributed by atoms with Crippen LogP contribution in [0, 0.1) is 5.82 Å². The second-order valence-electron chi connectivity index (χ2n) is 6.40. The number of carbonyl (C=O) groups excluding carboxylic acids is 1. The number of hydrogen-bond donors (Lipinski definition) is 1. The Kier molecular flexibility index (Phi) is 6.21. The minimum absolute atomic E-state index is 0.119. The van der Waals surface area contributed by atoms with E-state index in [1.165, 1.54) is 17.7 Å². The first-order valence-corrected chi connectivity index (χ1v) is 9.07. The van der Waals surface area contributed by atoms with Gasteiger partial charge in [-0.15, -0.1) is 0 Å². The molecule has 1 N–H and O–H groups in total. The SMILES string of the molecule is CCN(Cc1ccccc1)c1ccc(NC(=O)Cc2ccc(F)cc2)cc1. The van der Waals surface area contributed by atoms with Gasteiger partial charge < -0.3 is 10.2 Å². The van der Waals surface area contributed by atoms with E-state index in [1.54, 1.807) is 12.1 Å². The number of rotatable bonds is 7. The van der Waals surface area contributed by atoms with Crippen molar-refractivity contribution in [2.75, 3.05) is 16.8 Å². The third-order valence-electron chi connectivity index (χ3n) is 4.39. The Morgan fingerprint density at radius 1 is 0.889 bits per heavy atom. The van der Waals surface area contributed by atoms with Gasteiger partial charge in [-0.1, -0.05) is 42.5 Å². The van der Waals surface area contributed by atoms with Crippen molar-refractivity contribution in [1.29, 1.82) is 0 Å². The highest BCUT2D eigenvalue weighted by molar-refractivity contribution is 5.92. The molecule has 0 bridgehead atoms. The molecular formula is C23H23FN2O. The van der Waals surface area contributed by atoms with Crippen LogP contribution in [0.1, 0.15) is 18.1 Å². The second kappa shape index (κ2) is 8.99. The minimum atomic E-state index is -0.300. The number of carbonyl (C=O) groups is 1. The van der Waals surface area contributed by atoms with Crippen LogP contribution >= 0.6 is 0 Å². The fourth-order valence-electron chi connectivity index (χ4n) is 2.94. The lowest BCUT2D eigenvalue weighted by molar-refractivity contribution is -0.115. The molecule has 0 radical (unpaired) electrons. The van der Waals surface area contributed by atoms with Gasteiger partial charge in [-0.25, -0.2) is 4.39 Å². The van der Waals surface area contributed by atoms with Crippen LogP contribution in [-0.2, 0) is 17.8 Å². The first-order valence-electron chi connectivity index (χ1n) is 9.07. The monoisotopic (exact) mass is 362 g/mol. The van der Waals surface area contributed by atoms with Crippen molar-refractivity contribution in [3.05, 3.63) is 95.8 Å². The number of amides is 1. The summed E-state index contributed by atoms with van der Waals surface area (Å²) in [6, 6.07) is 24.2. The third kappa shape index (κ3) is 5.42. The highest BCUT2D eigenvalue weighted by Crippen LogP contribution is 2.20. The maximum atomic E-state index is 12.9. The van der Waals surface area contributed by atoms with E-state index in [2.05, 4.69) is 29.3 Å². The molecule has 27 heavy (non-hydrogen) atoms. The van der Waals surface area contributed by atoms with E-state index in [1.807, 2.05) is 42.5 Å². The molecule has 0 unspecified atom stereocenters. The average molecular weight is 362 g/mol. The van der Waals surface area contributed by atoms with E-state index < -0.39 is 0 Å². The van der Waals surface area contributed by atoms with Crippen molar-refractivity contribution in [1.82, 2.24) is 0 Å². The molecule has 0 saturated carbocycles. The Hall–Kier alpha value is -3.14. The smallest absolute Gasteiger partial charge is 0.228 e. The van der Waals surface area contributed by atoms with Gasteiger partial charge in [0, 0.05) is 24.5 Å². The molecule has 0 aliphatic heterocycles. The number of anilines is 2. The Bertz CT molecular complexity index is 861. The molecule has 0 aliphatic rings. The molecular weight excluding hydrogens is 339 g/mol. The summed E-state index contributed by atoms with van der Waals surface area (Å²) in [5, 5.41) is 2.89. The van der Waals surface area contributed by atoms with Crippen LogP contribution in [0.25, 0.3) is 0 Å². The van der Waals surface area contributed by atoms with Crippen LogP contribution in [0.5, 0.6) is 0 Å². The van der Waals surface area contributed by atoms with Gasteiger partial charge >= 0.3 is 0 Å². The van der Waals surface area contributed by atoms with E-state index in [4.69, 9.17) is 0 Å². The lowest BCUT2D eigenvalue weighted by atomic mass is 10.1. The van der Waals surface area contributed by atoms with E-state index in [-0.39, 0.29) is 18.1 Å². The standard InChI is InChI=1S/C23H23FN2O/c1-2-26(17-19-6-4-3-5-7-19)22-14-12-21(13-15-22)25-23(27)16-18-8-10-20(24)11-9-18/h3-15H,2,16-17H2,1H3,(H,25,27). The molecule has 0 saturated heterocycles. The summed E-state index contributed by atoms with van der Waals surface area (Å²) >= 11 is 0. The number of halogens is 1. The summed E-state index contributed by atoms with van der Waals surface area (Å²) < 4.78 is 12.9. The molecule has 0 fully saturated rings. The van der Waals surface area contributed by atoms with Crippen LogP contribution in [0.15, 0.2) is 78.9 Å². The third-order valence-corrected chi connectivity index (χ3v) is 4.39. The lowest BCUT2D eigenvalue weighted by Gasteiger charge is -2.23. The number of hydrogen-bond acceptors (Lipinski definition) is 2. The van der Waals surface area contributed by atoms with Crippen LogP contribution in [0.3, 0.4) is 0 Å². The largest absolute Gasteiger partial charge is 0.367 e. The maximum absolute atomic E-state index is 12.9. The summed E-state index contributed by atoms with van der Waals surface area (Å²) in [7, 11) is 0. The molecule has 138 valence electrons. The predicted molar refractivity (Wildman–Crippen MR) is 108 cm³/mol. The van der Waals surface area contributed by atoms with Gasteiger partial charge in [-0.2, -0.15) is 0 Å². The molecule has 3 aromatic carbocycles. The van der Waals surface area contributed by atoms with E-state index in [9.17, 15) is 9.18 Å². The van der Waals surface area contributed by atoms with Crippen molar-refractivity contribution in [3.63, 3.8) is 0 Å². The number of nitrogens with zero attached hydrogens (tertiary/aromatic N) is 1. The zero-order valence-corrected chi connectivity index (χ0v) is 15.4. The molecule has 3 rings (SSSR count). The zero-order valence-electron chi connectivity index (χ0n) is 15.4. The molecule has 0 heterocycles. The van der Waals surface area contributed by atoms with Crippen molar-refractivity contribution in [2.45, 2.75) is 19.9 Å². The lowest BCUT2D eigenvalue weighted by Crippen LogP contribution is -2.22. The fourth-order valence-corrected chi connectivity index (χ4v) is 2.94. The first kappa shape index (κ1) is 18.6. The Balaban J connectivity index is 1.60. The number of nitrogens with one attached hydrogen (secondary N) is 1. The van der Waals surface area contributed by atoms with E-state index in [0.717, 1.165) is 30.0 Å². The minimum Gasteiger partial charge on any atom is -0.367 e. The van der Waals surface area contributed by atoms with Gasteiger partial charge in [0.2, 0.25) is 5.91 Å². The van der Waals surface area contributed by atoms with Crippen LogP contribution in [0.2, 0.25) is 0 Å².